The highest BCUT2D eigenvalue weighted by Gasteiger charge is 2.73. The minimum Gasteiger partial charge on any atom is -0.504 e. The molecule has 5 fully saturated rings. The van der Waals surface area contributed by atoms with Gasteiger partial charge in [-0.1, -0.05) is 87.5 Å². The van der Waals surface area contributed by atoms with Crippen LogP contribution in [0.5, 0.6) is 23.0 Å². The van der Waals surface area contributed by atoms with Crippen molar-refractivity contribution < 1.29 is 34.4 Å². The van der Waals surface area contributed by atoms with Gasteiger partial charge in [-0.15, -0.1) is 0 Å². The van der Waals surface area contributed by atoms with Gasteiger partial charge in [0.15, 0.2) is 34.9 Å². The smallest absolute Gasteiger partial charge is 0.165 e. The first kappa shape index (κ1) is 42.1. The first-order valence-electron chi connectivity index (χ1n) is 24.6. The molecule has 0 aromatic heterocycles. The highest BCUT2D eigenvalue weighted by molar-refractivity contribution is 5.89. The quantitative estimate of drug-likeness (QED) is 0.226. The van der Waals surface area contributed by atoms with Crippen molar-refractivity contribution in [1.82, 2.24) is 0 Å². The van der Waals surface area contributed by atoms with Gasteiger partial charge in [0.25, 0.3) is 0 Å². The Labute approximate surface area is 375 Å². The molecule has 16 unspecified atom stereocenters. The number of aromatic hydroxyl groups is 2. The van der Waals surface area contributed by atoms with E-state index in [4.69, 9.17) is 9.47 Å². The molecule has 7 nitrogen and oxygen atoms in total. The van der Waals surface area contributed by atoms with Crippen LogP contribution >= 0.6 is 0 Å². The van der Waals surface area contributed by atoms with E-state index in [0.717, 1.165) is 91.5 Å². The number of aliphatic hydroxyl groups excluding tert-OH is 1. The summed E-state index contributed by atoms with van der Waals surface area (Å²) in [5.41, 5.74) is 5.77. The lowest BCUT2D eigenvalue weighted by molar-refractivity contribution is -0.230. The topological polar surface area (TPSA) is 113 Å². The molecule has 9 aliphatic rings. The van der Waals surface area contributed by atoms with Crippen LogP contribution in [-0.2, 0) is 15.0 Å². The molecule has 5 saturated carbocycles. The highest BCUT2D eigenvalue weighted by atomic mass is 16.6. The zero-order valence-electron chi connectivity index (χ0n) is 40.1. The Morgan fingerprint density at radius 2 is 1.46 bits per heavy atom. The summed E-state index contributed by atoms with van der Waals surface area (Å²) in [4.78, 5) is 26.6. The van der Waals surface area contributed by atoms with Gasteiger partial charge in [0.1, 0.15) is 18.0 Å². The zero-order chi connectivity index (χ0) is 45.1. The summed E-state index contributed by atoms with van der Waals surface area (Å²) < 4.78 is 15.2. The zero-order valence-corrected chi connectivity index (χ0v) is 40.1. The molecule has 16 atom stereocenters. The third-order valence-corrected chi connectivity index (χ3v) is 22.8. The first-order chi connectivity index (χ1) is 29.3. The molecule has 1 aliphatic heterocycles. The van der Waals surface area contributed by atoms with Crippen LogP contribution in [0.15, 0.2) is 24.3 Å². The van der Waals surface area contributed by atoms with Gasteiger partial charge in [0.05, 0.1) is 0 Å². The van der Waals surface area contributed by atoms with E-state index >= 15 is 0 Å². The molecule has 2 aromatic rings. The number of phenolic OH excluding ortho intramolecular Hbond substituents is 2. The van der Waals surface area contributed by atoms with Crippen molar-refractivity contribution >= 4 is 23.2 Å². The minimum absolute atomic E-state index is 0.0103. The van der Waals surface area contributed by atoms with Gasteiger partial charge < -0.3 is 24.8 Å². The molecule has 8 aliphatic carbocycles. The van der Waals surface area contributed by atoms with Crippen molar-refractivity contribution in [3.05, 3.63) is 57.7 Å². The molecule has 11 rings (SSSR count). The molecule has 2 aromatic carbocycles. The third kappa shape index (κ3) is 4.68. The number of hydrogen-bond donors (Lipinski definition) is 3. The molecule has 0 saturated heterocycles. The second-order valence-corrected chi connectivity index (χ2v) is 25.1. The van der Waals surface area contributed by atoms with Crippen LogP contribution in [0.4, 0.5) is 0 Å². The number of rotatable bonds is 0. The Bertz CT molecular complexity index is 2500. The van der Waals surface area contributed by atoms with Gasteiger partial charge in [0, 0.05) is 57.1 Å². The Balaban J connectivity index is 1.05. The van der Waals surface area contributed by atoms with Crippen molar-refractivity contribution in [2.24, 2.45) is 67.5 Å². The maximum atomic E-state index is 13.3. The predicted octanol–water partition coefficient (Wildman–Crippen LogP) is 11.9. The summed E-state index contributed by atoms with van der Waals surface area (Å²) in [5.74, 6) is 2.32. The van der Waals surface area contributed by atoms with Crippen LogP contribution in [0.2, 0.25) is 0 Å². The third-order valence-electron chi connectivity index (χ3n) is 22.8. The molecule has 63 heavy (non-hydrogen) atoms. The number of benzene rings is 2. The Morgan fingerprint density at radius 1 is 0.762 bits per heavy atom. The monoisotopic (exact) mass is 857 g/mol. The standard InChI is InChI=1S/C56H72O7/c1-28-23-39-49(5,27-37(28)58)17-20-55(11)47-46-45(41-31(4)43(60)36(57)26-35(41)50(47,6)18-21-53(39,55)9)63-44-30(3)32-13-15-52(8)34(33(32)25-38(44)62-46)14-16-54(10)40-24-29(2)42(59)48(61)51(40,7)19-22-56(52,54)12/h13-15,25-26,28-29,39-40,45-48,57,60-61H,16-24,27H2,1-12H3. The second-order valence-electron chi connectivity index (χ2n) is 25.1. The molecule has 0 spiro atoms. The molecular weight excluding hydrogens is 785 g/mol. The van der Waals surface area contributed by atoms with E-state index < -0.39 is 17.6 Å². The van der Waals surface area contributed by atoms with Crippen molar-refractivity contribution in [2.45, 2.75) is 171 Å². The summed E-state index contributed by atoms with van der Waals surface area (Å²) in [6.45, 7) is 27.7. The molecule has 0 radical (unpaired) electrons. The summed E-state index contributed by atoms with van der Waals surface area (Å²) in [6, 6.07) is 4.13. The van der Waals surface area contributed by atoms with Gasteiger partial charge >= 0.3 is 0 Å². The van der Waals surface area contributed by atoms with E-state index in [1.165, 1.54) is 11.1 Å². The van der Waals surface area contributed by atoms with E-state index in [1.807, 2.05) is 19.9 Å². The highest BCUT2D eigenvalue weighted by Crippen LogP contribution is 2.78. The molecular formula is C56H72O7. The van der Waals surface area contributed by atoms with Crippen molar-refractivity contribution in [3.63, 3.8) is 0 Å². The summed E-state index contributed by atoms with van der Waals surface area (Å²) >= 11 is 0. The number of aliphatic hydroxyl groups is 1. The van der Waals surface area contributed by atoms with Crippen molar-refractivity contribution in [1.29, 1.82) is 0 Å². The number of carbonyl (C=O) groups is 2. The molecule has 1 heterocycles. The number of Topliss-reactive ketones (excluding diaryl/α,β-unsaturated/α-hetero) is 2. The van der Waals surface area contributed by atoms with E-state index in [9.17, 15) is 24.9 Å². The lowest BCUT2D eigenvalue weighted by Crippen LogP contribution is -2.69. The summed E-state index contributed by atoms with van der Waals surface area (Å²) in [7, 11) is 0. The van der Waals surface area contributed by atoms with Crippen LogP contribution in [0, 0.1) is 81.3 Å². The summed E-state index contributed by atoms with van der Waals surface area (Å²) in [6.07, 6.45) is 14.4. The Morgan fingerprint density at radius 3 is 2.19 bits per heavy atom. The number of ether oxygens (including phenoxy) is 2. The minimum atomic E-state index is -0.923. The molecule has 7 heteroatoms. The predicted molar refractivity (Wildman–Crippen MR) is 246 cm³/mol. The van der Waals surface area contributed by atoms with Crippen LogP contribution in [0.25, 0.3) is 11.6 Å². The summed E-state index contributed by atoms with van der Waals surface area (Å²) in [5, 5.41) is 34.3. The number of ketones is 2. The maximum absolute atomic E-state index is 13.3. The van der Waals surface area contributed by atoms with Crippen LogP contribution in [-0.4, -0.2) is 39.1 Å². The Hall–Kier alpha value is -3.58. The fraction of sp³-hybridized carbons (Fsp3) is 0.679. The fourth-order valence-corrected chi connectivity index (χ4v) is 18.3. The maximum Gasteiger partial charge on any atom is 0.165 e. The van der Waals surface area contributed by atoms with E-state index in [1.54, 1.807) is 0 Å². The van der Waals surface area contributed by atoms with E-state index in [0.29, 0.717) is 23.7 Å². The average molecular weight is 857 g/mol. The van der Waals surface area contributed by atoms with Gasteiger partial charge in [-0.25, -0.2) is 0 Å². The van der Waals surface area contributed by atoms with Crippen molar-refractivity contribution in [3.8, 4) is 23.0 Å². The van der Waals surface area contributed by atoms with Gasteiger partial charge in [-0.3, -0.25) is 9.59 Å². The lowest BCUT2D eigenvalue weighted by Gasteiger charge is -2.72. The molecule has 0 bridgehead atoms. The van der Waals surface area contributed by atoms with Crippen LogP contribution < -0.4 is 9.47 Å². The number of hydrogen-bond acceptors (Lipinski definition) is 7. The second kappa shape index (κ2) is 12.4. The van der Waals surface area contributed by atoms with Crippen LogP contribution in [0.1, 0.15) is 173 Å². The van der Waals surface area contributed by atoms with Crippen molar-refractivity contribution in [2.75, 3.05) is 0 Å². The van der Waals surface area contributed by atoms with Gasteiger partial charge in [0.2, 0.25) is 0 Å². The van der Waals surface area contributed by atoms with Gasteiger partial charge in [-0.2, -0.15) is 0 Å². The number of phenols is 2. The number of fused-ring (bicyclic) bond motifs is 18. The molecule has 0 amide bonds. The first-order valence-corrected chi connectivity index (χ1v) is 24.6. The fourth-order valence-electron chi connectivity index (χ4n) is 18.3. The average Bonchev–Trinajstić information content (AvgIpc) is 3.23. The SMILES string of the molecule is Cc1c2c(cc3c1OC1c4c(cc(O)c(O)c4C)C4(C)CCC5(C)C6CC(C)C(=O)CC6(C)CCC5(C)C4C1O3)C1=CCC3(C)C4CC(C)C(=O)C(O)C4(C)CCC3(C)C1(C)C=C2. The van der Waals surface area contributed by atoms with E-state index in [2.05, 4.69) is 93.5 Å². The van der Waals surface area contributed by atoms with Crippen LogP contribution in [0.3, 0.4) is 0 Å². The number of carbonyl (C=O) groups excluding carboxylic acids is 2. The molecule has 3 N–H and O–H groups in total. The van der Waals surface area contributed by atoms with E-state index in [-0.39, 0.29) is 85.0 Å². The number of allylic oxidation sites excluding steroid dienone is 3. The van der Waals surface area contributed by atoms with Gasteiger partial charge in [-0.05, 0) is 145 Å². The normalized spacial score (nSPS) is 48.7. The largest absolute Gasteiger partial charge is 0.504 e. The lowest BCUT2D eigenvalue weighted by atomic mass is 9.32. The Kier molecular flexibility index (Phi) is 8.31. The molecule has 338 valence electrons.